The standard InChI is InChI=1S/C14H23N3O4S2.ClH/c1-16(2)22(18,19)13-7-5-8-14(10-13)23(20,21)17-9-4-3-6-12(17)11-15;/h5,7-8,10,12H,3-4,6,9,11,15H2,1-2H3;1H. The van der Waals surface area contributed by atoms with Gasteiger partial charge in [-0.25, -0.2) is 21.1 Å². The first kappa shape index (κ1) is 21.3. The van der Waals surface area contributed by atoms with Crippen molar-refractivity contribution in [2.75, 3.05) is 27.2 Å². The van der Waals surface area contributed by atoms with Crippen molar-refractivity contribution in [3.8, 4) is 0 Å². The minimum atomic E-state index is -3.76. The fourth-order valence-electron chi connectivity index (χ4n) is 2.67. The lowest BCUT2D eigenvalue weighted by molar-refractivity contribution is 0.257. The number of nitrogens with zero attached hydrogens (tertiary/aromatic N) is 2. The molecule has 0 spiro atoms. The number of benzene rings is 1. The van der Waals surface area contributed by atoms with Crippen molar-refractivity contribution in [3.05, 3.63) is 24.3 Å². The van der Waals surface area contributed by atoms with Gasteiger partial charge in [-0.05, 0) is 31.0 Å². The van der Waals surface area contributed by atoms with Crippen LogP contribution in [0.3, 0.4) is 0 Å². The molecule has 0 aromatic heterocycles. The van der Waals surface area contributed by atoms with Crippen molar-refractivity contribution in [2.45, 2.75) is 35.1 Å². The maximum Gasteiger partial charge on any atom is 0.243 e. The Balaban J connectivity index is 0.00000288. The summed E-state index contributed by atoms with van der Waals surface area (Å²) in [6.45, 7) is 0.670. The van der Waals surface area contributed by atoms with Crippen LogP contribution >= 0.6 is 12.4 Å². The Morgan fingerprint density at radius 3 is 2.38 bits per heavy atom. The van der Waals surface area contributed by atoms with E-state index in [1.54, 1.807) is 0 Å². The molecule has 1 aromatic rings. The third-order valence-electron chi connectivity index (χ3n) is 4.04. The normalized spacial score (nSPS) is 19.9. The van der Waals surface area contributed by atoms with E-state index in [9.17, 15) is 16.8 Å². The fourth-order valence-corrected chi connectivity index (χ4v) is 5.44. The second-order valence-corrected chi connectivity index (χ2v) is 9.81. The Labute approximate surface area is 150 Å². The Bertz CT molecular complexity index is 766. The molecule has 1 aliphatic rings. The lowest BCUT2D eigenvalue weighted by atomic mass is 10.1. The summed E-state index contributed by atoms with van der Waals surface area (Å²) in [7, 11) is -4.63. The molecular weight excluding hydrogens is 374 g/mol. The molecule has 1 fully saturated rings. The zero-order chi connectivity index (χ0) is 17.3. The molecule has 2 rings (SSSR count). The predicted octanol–water partition coefficient (Wildman–Crippen LogP) is 0.861. The van der Waals surface area contributed by atoms with E-state index >= 15 is 0 Å². The molecule has 0 radical (unpaired) electrons. The molecule has 0 amide bonds. The lowest BCUT2D eigenvalue weighted by Crippen LogP contribution is -2.47. The van der Waals surface area contributed by atoms with Crippen molar-refractivity contribution in [2.24, 2.45) is 5.73 Å². The topological polar surface area (TPSA) is 101 Å². The number of nitrogens with two attached hydrogens (primary N) is 1. The SMILES string of the molecule is CN(C)S(=O)(=O)c1cccc(S(=O)(=O)N2CCCCC2CN)c1.Cl. The summed E-state index contributed by atoms with van der Waals surface area (Å²) in [5.41, 5.74) is 5.70. The number of sulfonamides is 2. The Morgan fingerprint density at radius 1 is 1.17 bits per heavy atom. The summed E-state index contributed by atoms with van der Waals surface area (Å²) in [5.74, 6) is 0. The van der Waals surface area contributed by atoms with E-state index < -0.39 is 20.0 Å². The molecule has 7 nitrogen and oxygen atoms in total. The summed E-state index contributed by atoms with van der Waals surface area (Å²) in [5, 5.41) is 0. The maximum atomic E-state index is 12.9. The molecule has 1 aromatic carbocycles. The first-order chi connectivity index (χ1) is 10.7. The highest BCUT2D eigenvalue weighted by molar-refractivity contribution is 7.90. The molecule has 1 unspecified atom stereocenters. The summed E-state index contributed by atoms with van der Waals surface area (Å²) >= 11 is 0. The van der Waals surface area contributed by atoms with Gasteiger partial charge >= 0.3 is 0 Å². The fraction of sp³-hybridized carbons (Fsp3) is 0.571. The van der Waals surface area contributed by atoms with Gasteiger partial charge in [0.05, 0.1) is 9.79 Å². The monoisotopic (exact) mass is 397 g/mol. The number of halogens is 1. The van der Waals surface area contributed by atoms with E-state index in [2.05, 4.69) is 0 Å². The number of hydrogen-bond donors (Lipinski definition) is 1. The molecule has 0 aliphatic carbocycles. The molecule has 1 aliphatic heterocycles. The van der Waals surface area contributed by atoms with Crippen molar-refractivity contribution >= 4 is 32.5 Å². The van der Waals surface area contributed by atoms with Gasteiger partial charge in [-0.3, -0.25) is 0 Å². The van der Waals surface area contributed by atoms with E-state index in [4.69, 9.17) is 5.73 Å². The van der Waals surface area contributed by atoms with E-state index in [1.165, 1.54) is 42.7 Å². The average Bonchev–Trinajstić information content (AvgIpc) is 2.54. The molecule has 1 heterocycles. The van der Waals surface area contributed by atoms with Gasteiger partial charge in [0.25, 0.3) is 0 Å². The van der Waals surface area contributed by atoms with Crippen LogP contribution in [0.15, 0.2) is 34.1 Å². The molecule has 0 bridgehead atoms. The van der Waals surface area contributed by atoms with Crippen molar-refractivity contribution in [1.29, 1.82) is 0 Å². The first-order valence-electron chi connectivity index (χ1n) is 7.46. The lowest BCUT2D eigenvalue weighted by Gasteiger charge is -2.33. The number of rotatable bonds is 5. The molecule has 2 N–H and O–H groups in total. The third kappa shape index (κ3) is 4.09. The van der Waals surface area contributed by atoms with Crippen LogP contribution in [-0.4, -0.2) is 58.7 Å². The quantitative estimate of drug-likeness (QED) is 0.794. The van der Waals surface area contributed by atoms with Crippen LogP contribution in [0, 0.1) is 0 Å². The summed E-state index contributed by atoms with van der Waals surface area (Å²) in [6.07, 6.45) is 2.46. The van der Waals surface area contributed by atoms with Gasteiger partial charge in [0.1, 0.15) is 0 Å². The second kappa shape index (κ2) is 8.11. The smallest absolute Gasteiger partial charge is 0.243 e. The van der Waals surface area contributed by atoms with Gasteiger partial charge in [-0.1, -0.05) is 12.5 Å². The average molecular weight is 398 g/mol. The molecule has 0 saturated carbocycles. The van der Waals surface area contributed by atoms with E-state index in [0.29, 0.717) is 6.54 Å². The van der Waals surface area contributed by atoms with Gasteiger partial charge in [0.2, 0.25) is 20.0 Å². The van der Waals surface area contributed by atoms with E-state index in [1.807, 2.05) is 0 Å². The largest absolute Gasteiger partial charge is 0.329 e. The van der Waals surface area contributed by atoms with Crippen molar-refractivity contribution in [1.82, 2.24) is 8.61 Å². The maximum absolute atomic E-state index is 12.9. The second-order valence-electron chi connectivity index (χ2n) is 5.76. The minimum Gasteiger partial charge on any atom is -0.329 e. The zero-order valence-electron chi connectivity index (χ0n) is 13.8. The summed E-state index contributed by atoms with van der Waals surface area (Å²) < 4.78 is 52.6. The Hall–Kier alpha value is -0.710. The third-order valence-corrected chi connectivity index (χ3v) is 7.79. The van der Waals surface area contributed by atoms with Gasteiger partial charge in [-0.2, -0.15) is 4.31 Å². The summed E-state index contributed by atoms with van der Waals surface area (Å²) in [6, 6.07) is 5.25. The first-order valence-corrected chi connectivity index (χ1v) is 10.3. The molecule has 1 saturated heterocycles. The highest BCUT2D eigenvalue weighted by atomic mass is 35.5. The van der Waals surface area contributed by atoms with Crippen molar-refractivity contribution < 1.29 is 16.8 Å². The predicted molar refractivity (Wildman–Crippen MR) is 95.1 cm³/mol. The van der Waals surface area contributed by atoms with E-state index in [0.717, 1.165) is 23.6 Å². The Morgan fingerprint density at radius 2 is 1.79 bits per heavy atom. The molecule has 138 valence electrons. The van der Waals surface area contributed by atoms with Crippen LogP contribution in [0.5, 0.6) is 0 Å². The number of hydrogen-bond acceptors (Lipinski definition) is 5. The number of piperidine rings is 1. The van der Waals surface area contributed by atoms with Gasteiger partial charge in [-0.15, -0.1) is 12.4 Å². The van der Waals surface area contributed by atoms with Gasteiger partial charge in [0.15, 0.2) is 0 Å². The highest BCUT2D eigenvalue weighted by Gasteiger charge is 2.33. The van der Waals surface area contributed by atoms with Crippen LogP contribution < -0.4 is 5.73 Å². The highest BCUT2D eigenvalue weighted by Crippen LogP contribution is 2.26. The van der Waals surface area contributed by atoms with E-state index in [-0.39, 0.29) is 34.8 Å². The Kier molecular flexibility index (Phi) is 7.21. The van der Waals surface area contributed by atoms with Crippen LogP contribution in [0.4, 0.5) is 0 Å². The van der Waals surface area contributed by atoms with Crippen LogP contribution in [0.1, 0.15) is 19.3 Å². The molecule has 24 heavy (non-hydrogen) atoms. The van der Waals surface area contributed by atoms with Crippen molar-refractivity contribution in [3.63, 3.8) is 0 Å². The van der Waals surface area contributed by atoms with Gasteiger partial charge < -0.3 is 5.73 Å². The molecular formula is C14H24ClN3O4S2. The zero-order valence-corrected chi connectivity index (χ0v) is 16.2. The molecule has 10 heteroatoms. The van der Waals surface area contributed by atoms with Gasteiger partial charge in [0, 0.05) is 33.2 Å². The summed E-state index contributed by atoms with van der Waals surface area (Å²) in [4.78, 5) is -0.0503. The minimum absolute atomic E-state index is 0. The van der Waals surface area contributed by atoms with Crippen LogP contribution in [-0.2, 0) is 20.0 Å². The van der Waals surface area contributed by atoms with Crippen LogP contribution in [0.2, 0.25) is 0 Å². The van der Waals surface area contributed by atoms with Crippen LogP contribution in [0.25, 0.3) is 0 Å². The molecule has 1 atom stereocenters.